The van der Waals surface area contributed by atoms with Gasteiger partial charge in [-0.15, -0.1) is 0 Å². The number of aliphatic hydroxyl groups is 1. The van der Waals surface area contributed by atoms with Gasteiger partial charge in [0.1, 0.15) is 18.1 Å². The molecule has 0 amide bonds. The molecule has 4 N–H and O–H groups in total. The van der Waals surface area contributed by atoms with Crippen LogP contribution in [0.25, 0.3) is 0 Å². The average molecular weight is 673 g/mol. The molecule has 2 heterocycles. The Hall–Kier alpha value is -1.71. The summed E-state index contributed by atoms with van der Waals surface area (Å²) in [6.07, 6.45) is -2.82. The SMILES string of the molecule is CC[C@H]1OC(=O)C(C)C(=O)[C@H](C)[C@@H](O[C@@H]2O[C@H]([C@H](C)N(C)C)C[C@H](N(C)C)[C@H]2O)[C@](C)(OC)C[C@@H](C)CN[C@H](C)[C@@H](N)[C@]1(C)OC=O. The van der Waals surface area contributed by atoms with Crippen molar-refractivity contribution in [3.8, 4) is 0 Å². The summed E-state index contributed by atoms with van der Waals surface area (Å²) >= 11 is 0. The minimum absolute atomic E-state index is 0.00288. The van der Waals surface area contributed by atoms with Crippen LogP contribution in [0.3, 0.4) is 0 Å². The number of cyclic esters (lactones) is 1. The van der Waals surface area contributed by atoms with E-state index in [0.29, 0.717) is 32.3 Å². The van der Waals surface area contributed by atoms with Crippen molar-refractivity contribution in [3.05, 3.63) is 0 Å². The Morgan fingerprint density at radius 3 is 2.28 bits per heavy atom. The summed E-state index contributed by atoms with van der Waals surface area (Å²) in [5, 5.41) is 15.0. The number of methoxy groups -OCH3 is 1. The van der Waals surface area contributed by atoms with Crippen LogP contribution in [0, 0.1) is 17.8 Å². The maximum Gasteiger partial charge on any atom is 0.316 e. The molecule has 2 rings (SSSR count). The van der Waals surface area contributed by atoms with Crippen molar-refractivity contribution in [1.29, 1.82) is 0 Å². The highest BCUT2D eigenvalue weighted by Crippen LogP contribution is 2.37. The minimum atomic E-state index is -1.36. The molecule has 47 heavy (non-hydrogen) atoms. The number of esters is 1. The molecule has 13 nitrogen and oxygen atoms in total. The number of likely N-dealkylation sites (N-methyl/N-ethyl adjacent to an activating group) is 2. The molecule has 13 heteroatoms. The van der Waals surface area contributed by atoms with Gasteiger partial charge in [-0.1, -0.05) is 20.8 Å². The molecule has 274 valence electrons. The van der Waals surface area contributed by atoms with Gasteiger partial charge in [-0.2, -0.15) is 0 Å². The zero-order valence-electron chi connectivity index (χ0n) is 31.0. The molecule has 1 unspecified atom stereocenters. The van der Waals surface area contributed by atoms with Crippen LogP contribution >= 0.6 is 0 Å². The first-order chi connectivity index (χ1) is 21.8. The Morgan fingerprint density at radius 1 is 1.15 bits per heavy atom. The predicted octanol–water partition coefficient (Wildman–Crippen LogP) is 1.57. The lowest BCUT2D eigenvalue weighted by Gasteiger charge is -2.48. The van der Waals surface area contributed by atoms with E-state index in [-0.39, 0.29) is 30.1 Å². The summed E-state index contributed by atoms with van der Waals surface area (Å²) in [5.41, 5.74) is 4.27. The lowest BCUT2D eigenvalue weighted by Crippen LogP contribution is -2.64. The minimum Gasteiger partial charge on any atom is -0.458 e. The Kier molecular flexibility index (Phi) is 15.3. The highest BCUT2D eigenvalue weighted by atomic mass is 16.7. The summed E-state index contributed by atoms with van der Waals surface area (Å²) in [6.45, 7) is 15.4. The van der Waals surface area contributed by atoms with E-state index in [1.54, 1.807) is 27.9 Å². The summed E-state index contributed by atoms with van der Waals surface area (Å²) in [6, 6.07) is -1.33. The van der Waals surface area contributed by atoms with Gasteiger partial charge < -0.3 is 49.6 Å². The third-order valence-electron chi connectivity index (χ3n) is 10.8. The normalized spacial score (nSPS) is 42.4. The standard InChI is InChI=1S/C34H64N4O9/c1-14-26-34(8,44-18-39)29(35)22(5)36-17-19(2)16-33(7,43-13)30(20(3)27(40)21(4)31(42)46-26)47-32-28(41)24(38(11)12)15-25(45-32)23(6)37(9)10/h18-26,28-30,32,36,41H,14-17,35H2,1-13H3/t19-,20+,21?,22-,23+,24+,25+,26-,28-,29-,30-,32+,33-,34-/m1/s1. The molecule has 2 saturated heterocycles. The van der Waals surface area contributed by atoms with Gasteiger partial charge in [0.05, 0.1) is 23.9 Å². The number of hydrogen-bond donors (Lipinski definition) is 3. The second kappa shape index (κ2) is 17.3. The fraction of sp³-hybridized carbons (Fsp3) is 0.912. The van der Waals surface area contributed by atoms with Gasteiger partial charge in [0.2, 0.25) is 0 Å². The van der Waals surface area contributed by atoms with Crippen LogP contribution in [0.5, 0.6) is 0 Å². The van der Waals surface area contributed by atoms with Crippen LogP contribution in [0.1, 0.15) is 74.7 Å². The zero-order chi connectivity index (χ0) is 36.0. The van der Waals surface area contributed by atoms with Gasteiger partial charge in [0.15, 0.2) is 17.7 Å². The van der Waals surface area contributed by atoms with Gasteiger partial charge in [0.25, 0.3) is 6.47 Å². The molecule has 0 bridgehead atoms. The van der Waals surface area contributed by atoms with Gasteiger partial charge >= 0.3 is 5.97 Å². The van der Waals surface area contributed by atoms with Gasteiger partial charge in [0, 0.05) is 31.2 Å². The van der Waals surface area contributed by atoms with E-state index in [2.05, 4.69) is 24.1 Å². The van der Waals surface area contributed by atoms with Crippen LogP contribution in [-0.4, -0.2) is 141 Å². The molecular weight excluding hydrogens is 608 g/mol. The number of rotatable bonds is 9. The second-order valence-corrected chi connectivity index (χ2v) is 14.8. The summed E-state index contributed by atoms with van der Waals surface area (Å²) in [4.78, 5) is 43.4. The van der Waals surface area contributed by atoms with Crippen LogP contribution in [0.2, 0.25) is 0 Å². The maximum absolute atomic E-state index is 14.2. The number of Topliss-reactive ketones (excluding diaryl/α,β-unsaturated/α-hetero) is 1. The van der Waals surface area contributed by atoms with E-state index in [4.69, 9.17) is 29.4 Å². The molecule has 0 radical (unpaired) electrons. The molecule has 0 aromatic heterocycles. The summed E-state index contributed by atoms with van der Waals surface area (Å²) in [7, 11) is 9.34. The third-order valence-corrected chi connectivity index (χ3v) is 10.8. The van der Waals surface area contributed by atoms with Crippen molar-refractivity contribution < 1.29 is 43.2 Å². The highest BCUT2D eigenvalue weighted by molar-refractivity contribution is 6.00. The lowest BCUT2D eigenvalue weighted by atomic mass is 9.78. The van der Waals surface area contributed by atoms with Gasteiger partial charge in [-0.25, -0.2) is 0 Å². The van der Waals surface area contributed by atoms with E-state index in [1.165, 1.54) is 6.92 Å². The van der Waals surface area contributed by atoms with Crippen LogP contribution in [0.4, 0.5) is 0 Å². The number of aliphatic hydroxyl groups excluding tert-OH is 1. The Bertz CT molecular complexity index is 1030. The molecule has 0 saturated carbocycles. The topological polar surface area (TPSA) is 162 Å². The number of ether oxygens (including phenoxy) is 5. The van der Waals surface area contributed by atoms with Crippen molar-refractivity contribution in [2.24, 2.45) is 23.5 Å². The van der Waals surface area contributed by atoms with E-state index < -0.39 is 65.4 Å². The quantitative estimate of drug-likeness (QED) is 0.184. The summed E-state index contributed by atoms with van der Waals surface area (Å²) in [5.74, 6) is -3.23. The molecule has 0 aliphatic carbocycles. The molecule has 2 fully saturated rings. The Morgan fingerprint density at radius 2 is 1.77 bits per heavy atom. The molecular formula is C34H64N4O9. The van der Waals surface area contributed by atoms with Crippen molar-refractivity contribution >= 4 is 18.2 Å². The van der Waals surface area contributed by atoms with Crippen LogP contribution in [-0.2, 0) is 38.1 Å². The second-order valence-electron chi connectivity index (χ2n) is 14.8. The number of ketones is 1. The fourth-order valence-corrected chi connectivity index (χ4v) is 7.14. The Labute approximate surface area is 282 Å². The number of nitrogens with one attached hydrogen (secondary N) is 1. The maximum atomic E-state index is 14.2. The number of carbonyl (C=O) groups excluding carboxylic acids is 3. The molecule has 14 atom stereocenters. The molecule has 2 aliphatic heterocycles. The van der Waals surface area contributed by atoms with Crippen LogP contribution < -0.4 is 11.1 Å². The van der Waals surface area contributed by atoms with E-state index in [0.717, 1.165) is 0 Å². The van der Waals surface area contributed by atoms with Gasteiger partial charge in [-0.3, -0.25) is 14.4 Å². The van der Waals surface area contributed by atoms with Crippen LogP contribution in [0.15, 0.2) is 0 Å². The Balaban J connectivity index is 2.62. The predicted molar refractivity (Wildman–Crippen MR) is 178 cm³/mol. The third kappa shape index (κ3) is 9.50. The van der Waals surface area contributed by atoms with Crippen molar-refractivity contribution in [1.82, 2.24) is 15.1 Å². The highest BCUT2D eigenvalue weighted by Gasteiger charge is 2.51. The monoisotopic (exact) mass is 672 g/mol. The van der Waals surface area contributed by atoms with Crippen molar-refractivity contribution in [2.75, 3.05) is 41.8 Å². The van der Waals surface area contributed by atoms with Crippen molar-refractivity contribution in [3.63, 3.8) is 0 Å². The summed E-state index contributed by atoms with van der Waals surface area (Å²) < 4.78 is 30.8. The van der Waals surface area contributed by atoms with Crippen molar-refractivity contribution in [2.45, 2.75) is 141 Å². The first kappa shape index (κ1) is 41.5. The van der Waals surface area contributed by atoms with E-state index >= 15 is 0 Å². The van der Waals surface area contributed by atoms with E-state index in [9.17, 15) is 19.5 Å². The molecule has 0 aromatic carbocycles. The first-order valence-electron chi connectivity index (χ1n) is 17.0. The average Bonchev–Trinajstić information content (AvgIpc) is 3.02. The first-order valence-corrected chi connectivity index (χ1v) is 17.0. The van der Waals surface area contributed by atoms with Gasteiger partial charge in [-0.05, 0) is 94.5 Å². The lowest BCUT2D eigenvalue weighted by molar-refractivity contribution is -0.302. The number of carbonyl (C=O) groups is 3. The zero-order valence-corrected chi connectivity index (χ0v) is 31.0. The fourth-order valence-electron chi connectivity index (χ4n) is 7.14. The number of hydrogen-bond acceptors (Lipinski definition) is 13. The number of nitrogens with two attached hydrogens (primary N) is 1. The largest absolute Gasteiger partial charge is 0.458 e. The molecule has 0 aromatic rings. The number of nitrogens with zero attached hydrogens (tertiary/aromatic N) is 2. The molecule has 0 spiro atoms. The smallest absolute Gasteiger partial charge is 0.316 e. The molecule has 2 aliphatic rings. The van der Waals surface area contributed by atoms with E-state index in [1.807, 2.05) is 46.9 Å².